The van der Waals surface area contributed by atoms with Crippen LogP contribution in [0.2, 0.25) is 0 Å². The van der Waals surface area contributed by atoms with Crippen LogP contribution in [0.15, 0.2) is 16.9 Å². The lowest BCUT2D eigenvalue weighted by Crippen LogP contribution is -2.33. The van der Waals surface area contributed by atoms with Gasteiger partial charge in [-0.3, -0.25) is 4.79 Å². The smallest absolute Gasteiger partial charge is 0.387 e. The first kappa shape index (κ1) is 22.3. The number of aromatic nitrogens is 1. The topological polar surface area (TPSA) is 82.6 Å². The van der Waals surface area contributed by atoms with Crippen LogP contribution in [0.4, 0.5) is 14.5 Å². The van der Waals surface area contributed by atoms with E-state index in [1.807, 2.05) is 6.92 Å². The van der Waals surface area contributed by atoms with Gasteiger partial charge in [0.1, 0.15) is 11.3 Å². The first-order valence-corrected chi connectivity index (χ1v) is 10.9. The second kappa shape index (κ2) is 7.90. The predicted octanol–water partition coefficient (Wildman–Crippen LogP) is 4.80. The van der Waals surface area contributed by atoms with Crippen molar-refractivity contribution in [3.05, 3.63) is 44.7 Å². The first-order chi connectivity index (χ1) is 15.0. The number of halogens is 2. The highest BCUT2D eigenvalue weighted by atomic mass is 19.3. The van der Waals surface area contributed by atoms with Gasteiger partial charge in [-0.25, -0.2) is 4.79 Å². The molecular formula is C24H28F2N2O4. The third-order valence-electron chi connectivity index (χ3n) is 6.65. The van der Waals surface area contributed by atoms with Crippen LogP contribution in [0.3, 0.4) is 0 Å². The van der Waals surface area contributed by atoms with Crippen molar-refractivity contribution < 1.29 is 23.4 Å². The summed E-state index contributed by atoms with van der Waals surface area (Å²) in [5, 5.41) is 9.48. The summed E-state index contributed by atoms with van der Waals surface area (Å²) in [5.74, 6) is -1.25. The average molecular weight is 446 g/mol. The molecule has 0 amide bonds. The minimum absolute atomic E-state index is 0.0529. The zero-order chi connectivity index (χ0) is 23.4. The van der Waals surface area contributed by atoms with Crippen LogP contribution in [0.25, 0.3) is 11.3 Å². The van der Waals surface area contributed by atoms with Gasteiger partial charge < -0.3 is 19.7 Å². The fourth-order valence-electron chi connectivity index (χ4n) is 5.16. The molecule has 1 aliphatic heterocycles. The zero-order valence-electron chi connectivity index (χ0n) is 18.7. The molecule has 0 bridgehead atoms. The standard InChI is InChI=1S/C24H28F2N2O4/c1-5-28-8-6-7-12-13-10-17(24(2,3)4)15-9-16(22(30)31)21(29)27-19(15)14(13)11-18(20(12)28)32-23(25)26/h9,11,17,23H,5-8,10H2,1-4H3,(H,27,29)(H,30,31). The van der Waals surface area contributed by atoms with Crippen molar-refractivity contribution in [2.24, 2.45) is 5.41 Å². The number of benzene rings is 1. The molecule has 1 aliphatic carbocycles. The fourth-order valence-corrected chi connectivity index (χ4v) is 5.16. The highest BCUT2D eigenvalue weighted by Crippen LogP contribution is 2.52. The summed E-state index contributed by atoms with van der Waals surface area (Å²) >= 11 is 0. The van der Waals surface area contributed by atoms with E-state index in [-0.39, 0.29) is 22.6 Å². The molecule has 6 nitrogen and oxygen atoms in total. The molecule has 4 rings (SSSR count). The largest absolute Gasteiger partial charge is 0.477 e. The maximum Gasteiger partial charge on any atom is 0.387 e. The van der Waals surface area contributed by atoms with E-state index in [4.69, 9.17) is 4.74 Å². The van der Waals surface area contributed by atoms with Gasteiger partial charge in [0.15, 0.2) is 0 Å². The number of anilines is 1. The molecule has 8 heteroatoms. The highest BCUT2D eigenvalue weighted by Gasteiger charge is 2.38. The Bertz CT molecular complexity index is 1130. The normalized spacial score (nSPS) is 17.6. The van der Waals surface area contributed by atoms with Gasteiger partial charge in [-0.1, -0.05) is 20.8 Å². The van der Waals surface area contributed by atoms with E-state index < -0.39 is 18.1 Å². The average Bonchev–Trinajstić information content (AvgIpc) is 2.71. The first-order valence-electron chi connectivity index (χ1n) is 10.9. The van der Waals surface area contributed by atoms with Gasteiger partial charge in [-0.15, -0.1) is 0 Å². The van der Waals surface area contributed by atoms with Crippen molar-refractivity contribution in [2.75, 3.05) is 18.0 Å². The van der Waals surface area contributed by atoms with Crippen LogP contribution in [0.5, 0.6) is 5.75 Å². The van der Waals surface area contributed by atoms with Crippen LogP contribution in [0, 0.1) is 5.41 Å². The highest BCUT2D eigenvalue weighted by molar-refractivity contribution is 5.89. The molecule has 32 heavy (non-hydrogen) atoms. The number of alkyl halides is 2. The Labute approximate surface area is 185 Å². The van der Waals surface area contributed by atoms with Gasteiger partial charge in [0, 0.05) is 18.7 Å². The summed E-state index contributed by atoms with van der Waals surface area (Å²) in [4.78, 5) is 29.0. The van der Waals surface area contributed by atoms with Gasteiger partial charge in [-0.2, -0.15) is 8.78 Å². The summed E-state index contributed by atoms with van der Waals surface area (Å²) < 4.78 is 31.6. The summed E-state index contributed by atoms with van der Waals surface area (Å²) in [6.45, 7) is 6.68. The number of pyridine rings is 1. The maximum absolute atomic E-state index is 13.3. The molecule has 0 spiro atoms. The minimum atomic E-state index is -2.98. The monoisotopic (exact) mass is 446 g/mol. The Hall–Kier alpha value is -2.90. The molecule has 1 atom stereocenters. The molecule has 1 aromatic carbocycles. The third-order valence-corrected chi connectivity index (χ3v) is 6.65. The van der Waals surface area contributed by atoms with Crippen molar-refractivity contribution in [2.45, 2.75) is 59.5 Å². The summed E-state index contributed by atoms with van der Waals surface area (Å²) in [6, 6.07) is 3.03. The van der Waals surface area contributed by atoms with E-state index >= 15 is 0 Å². The van der Waals surface area contributed by atoms with E-state index in [1.165, 1.54) is 6.07 Å². The van der Waals surface area contributed by atoms with Gasteiger partial charge in [0.2, 0.25) is 0 Å². The number of carboxylic acid groups (broad SMARTS) is 1. The Morgan fingerprint density at radius 3 is 2.62 bits per heavy atom. The van der Waals surface area contributed by atoms with Crippen molar-refractivity contribution >= 4 is 11.7 Å². The second-order valence-electron chi connectivity index (χ2n) is 9.56. The molecule has 2 aromatic rings. The molecule has 1 unspecified atom stereocenters. The number of nitrogens with one attached hydrogen (secondary N) is 1. The van der Waals surface area contributed by atoms with Crippen molar-refractivity contribution in [3.63, 3.8) is 0 Å². The number of nitrogens with zero attached hydrogens (tertiary/aromatic N) is 1. The number of hydrogen-bond donors (Lipinski definition) is 2. The SMILES string of the molecule is CCN1CCCc2c3c(cc(OC(F)F)c21)-c1[nH]c(=O)c(C(=O)O)cc1C(C(C)(C)C)C3. The van der Waals surface area contributed by atoms with Gasteiger partial charge in [0.25, 0.3) is 5.56 Å². The number of H-pyrrole nitrogens is 1. The van der Waals surface area contributed by atoms with E-state index in [0.29, 0.717) is 35.5 Å². The summed E-state index contributed by atoms with van der Waals surface area (Å²) in [6.07, 6.45) is 2.26. The van der Waals surface area contributed by atoms with Crippen LogP contribution in [0.1, 0.15) is 67.1 Å². The number of carboxylic acids is 1. The lowest BCUT2D eigenvalue weighted by atomic mass is 9.67. The second-order valence-corrected chi connectivity index (χ2v) is 9.56. The third kappa shape index (κ3) is 3.65. The molecule has 0 saturated heterocycles. The van der Waals surface area contributed by atoms with E-state index in [0.717, 1.165) is 30.5 Å². The Morgan fingerprint density at radius 2 is 2.03 bits per heavy atom. The molecule has 0 radical (unpaired) electrons. The molecule has 0 fully saturated rings. The summed E-state index contributed by atoms with van der Waals surface area (Å²) in [5.41, 5.74) is 3.32. The van der Waals surface area contributed by atoms with Gasteiger partial charge in [-0.05, 0) is 66.3 Å². The molecule has 172 valence electrons. The number of carbonyl (C=O) groups is 1. The number of rotatable bonds is 4. The number of fused-ring (bicyclic) bond motifs is 5. The van der Waals surface area contributed by atoms with Crippen molar-refractivity contribution in [1.82, 2.24) is 4.98 Å². The van der Waals surface area contributed by atoms with E-state index in [1.54, 1.807) is 6.07 Å². The lowest BCUT2D eigenvalue weighted by Gasteiger charge is -2.40. The molecular weight excluding hydrogens is 418 g/mol. The Morgan fingerprint density at radius 1 is 1.31 bits per heavy atom. The minimum Gasteiger partial charge on any atom is -0.477 e. The predicted molar refractivity (Wildman–Crippen MR) is 118 cm³/mol. The van der Waals surface area contributed by atoms with E-state index in [9.17, 15) is 23.5 Å². The van der Waals surface area contributed by atoms with Crippen LogP contribution in [-0.4, -0.2) is 35.8 Å². The number of aromatic carboxylic acids is 1. The molecule has 1 aromatic heterocycles. The summed E-state index contributed by atoms with van der Waals surface area (Å²) in [7, 11) is 0. The molecule has 2 heterocycles. The molecule has 2 N–H and O–H groups in total. The number of aromatic amines is 1. The lowest BCUT2D eigenvalue weighted by molar-refractivity contribution is -0.0495. The van der Waals surface area contributed by atoms with Crippen molar-refractivity contribution in [3.8, 4) is 17.0 Å². The Balaban J connectivity index is 2.05. The van der Waals surface area contributed by atoms with Crippen molar-refractivity contribution in [1.29, 1.82) is 0 Å². The van der Waals surface area contributed by atoms with Crippen LogP contribution < -0.4 is 15.2 Å². The van der Waals surface area contributed by atoms with Crippen LogP contribution >= 0.6 is 0 Å². The molecule has 2 aliphatic rings. The molecule has 0 saturated carbocycles. The number of ether oxygens (including phenoxy) is 1. The zero-order valence-corrected chi connectivity index (χ0v) is 18.7. The quantitative estimate of drug-likeness (QED) is 0.705. The van der Waals surface area contributed by atoms with Gasteiger partial charge >= 0.3 is 12.6 Å². The number of hydrogen-bond acceptors (Lipinski definition) is 4. The van der Waals surface area contributed by atoms with Crippen LogP contribution in [-0.2, 0) is 12.8 Å². The van der Waals surface area contributed by atoms with E-state index in [2.05, 4.69) is 30.7 Å². The van der Waals surface area contributed by atoms with Gasteiger partial charge in [0.05, 0.1) is 11.4 Å². The maximum atomic E-state index is 13.3. The Kier molecular flexibility index (Phi) is 5.51. The fraction of sp³-hybridized carbons (Fsp3) is 0.500.